The summed E-state index contributed by atoms with van der Waals surface area (Å²) in [5, 5.41) is 16.7. The maximum atomic E-state index is 8.33. The van der Waals surface area contributed by atoms with Crippen molar-refractivity contribution in [1.82, 2.24) is 0 Å². The Hall–Kier alpha value is 1.27. The molecule has 0 radical (unpaired) electrons. The number of hydrogen-bond donors (Lipinski definition) is 0. The molecule has 0 aliphatic carbocycles. The number of carbonyl (C=O) groups excluding carboxylic acids is 1. The predicted octanol–water partition coefficient (Wildman–Crippen LogP) is -8.44. The van der Waals surface area contributed by atoms with Crippen LogP contribution in [0.2, 0.25) is 0 Å². The quantitative estimate of drug-likeness (QED) is 0.289. The van der Waals surface area contributed by atoms with Crippen molar-refractivity contribution in [2.24, 2.45) is 0 Å². The van der Waals surface area contributed by atoms with Crippen LogP contribution in [0.1, 0.15) is 0 Å². The molecule has 0 amide bonds. The molecule has 24 valence electrons. The summed E-state index contributed by atoms with van der Waals surface area (Å²) in [6.07, 6.45) is -2.33. The van der Waals surface area contributed by atoms with E-state index in [1.807, 2.05) is 0 Å². The Morgan fingerprint density at radius 1 is 1.17 bits per heavy atom. The first-order chi connectivity index (χ1) is 1.73. The molecule has 5 heteroatoms. The fraction of sp³-hybridized carbons (Fsp3) is 0. The second-order valence-electron chi connectivity index (χ2n) is 0.250. The molecule has 0 aliphatic rings. The van der Waals surface area contributed by atoms with E-state index in [4.69, 9.17) is 15.0 Å². The van der Waals surface area contributed by atoms with Crippen molar-refractivity contribution in [3.63, 3.8) is 0 Å². The first kappa shape index (κ1) is 15.7. The number of hydrogen-bond acceptors (Lipinski definition) is 3. The minimum absolute atomic E-state index is 0. The zero-order chi connectivity index (χ0) is 3.58. The van der Waals surface area contributed by atoms with Gasteiger partial charge in [0, 0.05) is 0 Å². The van der Waals surface area contributed by atoms with Gasteiger partial charge in [-0.15, -0.1) is 0 Å². The molecule has 0 saturated carbocycles. The van der Waals surface area contributed by atoms with Crippen LogP contribution in [0.4, 0.5) is 4.79 Å². The molecule has 0 aromatic heterocycles. The Kier molecular flexibility index (Phi) is 25.0. The summed E-state index contributed by atoms with van der Waals surface area (Å²) in [6, 6.07) is 0. The van der Waals surface area contributed by atoms with Crippen LogP contribution in [0, 0.1) is 0 Å². The van der Waals surface area contributed by atoms with Gasteiger partial charge in [-0.05, 0) is 6.16 Å². The maximum absolute atomic E-state index is 8.33. The van der Waals surface area contributed by atoms with E-state index < -0.39 is 6.16 Å². The Balaban J connectivity index is -0.0000000450. The third-order valence-electron chi connectivity index (χ3n) is 0. The van der Waals surface area contributed by atoms with Crippen LogP contribution in [-0.2, 0) is 0 Å². The van der Waals surface area contributed by atoms with Gasteiger partial charge in [0.25, 0.3) is 0 Å². The van der Waals surface area contributed by atoms with Gasteiger partial charge in [0.15, 0.2) is 0 Å². The van der Waals surface area contributed by atoms with E-state index in [1.165, 1.54) is 0 Å². The average Bonchev–Trinajstić information content (AvgIpc) is 0.811. The predicted molar refractivity (Wildman–Crippen MR) is 5.40 cm³/mol. The monoisotopic (exact) mass is 108 g/mol. The Labute approximate surface area is 79.3 Å². The van der Waals surface area contributed by atoms with E-state index in [-0.39, 0.29) is 59.1 Å². The number of carbonyl (C=O) groups is 1. The third-order valence-corrected chi connectivity index (χ3v) is 0. The first-order valence-electron chi connectivity index (χ1n) is 0.612. The molecule has 0 heterocycles. The molecule has 0 N–H and O–H groups in total. The fourth-order valence-corrected chi connectivity index (χ4v) is 0. The summed E-state index contributed by atoms with van der Waals surface area (Å²) in [7, 11) is 0. The van der Waals surface area contributed by atoms with Gasteiger partial charge < -0.3 is 15.0 Å². The molecule has 0 atom stereocenters. The second-order valence-corrected chi connectivity index (χ2v) is 0.250. The minimum Gasteiger partial charge on any atom is -0.652 e. The largest absolute Gasteiger partial charge is 1.00 e. The standard InChI is InChI=1S/CH2O3.2Na/c2-1(3)4;;/h(H2,2,3,4);;/q;2*+1/p-2/i1+2;;. The van der Waals surface area contributed by atoms with E-state index >= 15 is 0 Å². The minimum atomic E-state index is -2.33. The zero-order valence-electron chi connectivity index (χ0n) is 3.72. The van der Waals surface area contributed by atoms with E-state index in [2.05, 4.69) is 0 Å². The van der Waals surface area contributed by atoms with Crippen LogP contribution >= 0.6 is 0 Å². The van der Waals surface area contributed by atoms with Crippen LogP contribution in [0.5, 0.6) is 0 Å². The molecule has 3 nitrogen and oxygen atoms in total. The Morgan fingerprint density at radius 3 is 1.17 bits per heavy atom. The van der Waals surface area contributed by atoms with Gasteiger partial charge in [-0.1, -0.05) is 0 Å². The second kappa shape index (κ2) is 9.55. The smallest absolute Gasteiger partial charge is 0.652 e. The Morgan fingerprint density at radius 2 is 1.17 bits per heavy atom. The molecule has 0 fully saturated rings. The van der Waals surface area contributed by atoms with Crippen LogP contribution in [0.25, 0.3) is 0 Å². The molecular formula is CNa2O3. The van der Waals surface area contributed by atoms with E-state index in [9.17, 15) is 0 Å². The normalized spacial score (nSPS) is 4.00. The van der Waals surface area contributed by atoms with Crippen molar-refractivity contribution >= 4 is 6.16 Å². The van der Waals surface area contributed by atoms with E-state index in [0.29, 0.717) is 0 Å². The van der Waals surface area contributed by atoms with Crippen LogP contribution in [-0.4, -0.2) is 6.16 Å². The van der Waals surface area contributed by atoms with Crippen molar-refractivity contribution in [2.45, 2.75) is 0 Å². The van der Waals surface area contributed by atoms with Crippen LogP contribution < -0.4 is 69.3 Å². The van der Waals surface area contributed by atoms with Crippen molar-refractivity contribution in [3.05, 3.63) is 0 Å². The zero-order valence-corrected chi connectivity index (χ0v) is 7.72. The van der Waals surface area contributed by atoms with Gasteiger partial charge in [-0.25, -0.2) is 0 Å². The summed E-state index contributed by atoms with van der Waals surface area (Å²) in [5.41, 5.74) is 0. The average molecular weight is 108 g/mol. The number of rotatable bonds is 0. The van der Waals surface area contributed by atoms with Crippen molar-refractivity contribution in [3.8, 4) is 0 Å². The molecule has 0 aromatic rings. The summed E-state index contributed by atoms with van der Waals surface area (Å²) in [6.45, 7) is 0. The fourth-order valence-electron chi connectivity index (χ4n) is 0. The van der Waals surface area contributed by atoms with Gasteiger partial charge in [0.2, 0.25) is 0 Å². The molecule has 6 heavy (non-hydrogen) atoms. The molecule has 0 spiro atoms. The summed E-state index contributed by atoms with van der Waals surface area (Å²) < 4.78 is 0. The molecule has 0 aliphatic heterocycles. The molecule has 0 unspecified atom stereocenters. The molecular weight excluding hydrogens is 108 g/mol. The van der Waals surface area contributed by atoms with Gasteiger partial charge in [-0.2, -0.15) is 0 Å². The topological polar surface area (TPSA) is 63.2 Å². The number of carboxylic acid groups (broad SMARTS) is 2. The van der Waals surface area contributed by atoms with Crippen LogP contribution in [0.15, 0.2) is 0 Å². The van der Waals surface area contributed by atoms with Crippen molar-refractivity contribution in [1.29, 1.82) is 0 Å². The van der Waals surface area contributed by atoms with Gasteiger partial charge in [0.05, 0.1) is 0 Å². The molecule has 0 bridgehead atoms. The first-order valence-corrected chi connectivity index (χ1v) is 0.612. The van der Waals surface area contributed by atoms with Crippen molar-refractivity contribution in [2.75, 3.05) is 0 Å². The van der Waals surface area contributed by atoms with Gasteiger partial charge in [0.1, 0.15) is 0 Å². The van der Waals surface area contributed by atoms with Gasteiger partial charge in [-0.3, -0.25) is 0 Å². The van der Waals surface area contributed by atoms with E-state index in [0.717, 1.165) is 0 Å². The van der Waals surface area contributed by atoms with E-state index in [1.54, 1.807) is 0 Å². The maximum Gasteiger partial charge on any atom is 1.00 e. The summed E-state index contributed by atoms with van der Waals surface area (Å²) >= 11 is 0. The Bertz CT molecular complexity index is 31.8. The summed E-state index contributed by atoms with van der Waals surface area (Å²) in [5.74, 6) is 0. The van der Waals surface area contributed by atoms with Crippen LogP contribution in [0.3, 0.4) is 0 Å². The van der Waals surface area contributed by atoms with Crippen molar-refractivity contribution < 1.29 is 74.1 Å². The SMILES string of the molecule is O=[14C]([O-])[O-].[Na+].[Na+]. The molecule has 0 saturated heterocycles. The molecule has 0 rings (SSSR count). The summed E-state index contributed by atoms with van der Waals surface area (Å²) in [4.78, 5) is 8.33. The third kappa shape index (κ3) is 59.6. The molecule has 0 aromatic carbocycles. The van der Waals surface area contributed by atoms with Gasteiger partial charge >= 0.3 is 59.1 Å².